The van der Waals surface area contributed by atoms with Gasteiger partial charge in [-0.05, 0) is 62.5 Å². The molecule has 1 aromatic heterocycles. The fourth-order valence-corrected chi connectivity index (χ4v) is 4.51. The zero-order valence-corrected chi connectivity index (χ0v) is 19.5. The molecule has 170 valence electrons. The van der Waals surface area contributed by atoms with Crippen LogP contribution < -0.4 is 9.47 Å². The summed E-state index contributed by atoms with van der Waals surface area (Å²) in [7, 11) is 5.23. The first kappa shape index (κ1) is 23.5. The molecule has 1 aliphatic rings. The molecule has 1 aliphatic heterocycles. The Morgan fingerprint density at radius 3 is 2.39 bits per heavy atom. The highest BCUT2D eigenvalue weighted by Gasteiger charge is 2.23. The number of benzene rings is 1. The van der Waals surface area contributed by atoms with Crippen LogP contribution in [0.1, 0.15) is 29.5 Å². The molecule has 0 radical (unpaired) electrons. The monoisotopic (exact) mass is 427 g/mol. The average molecular weight is 428 g/mol. The molecule has 2 heterocycles. The highest BCUT2D eigenvalue weighted by atomic mass is 16.5. The summed E-state index contributed by atoms with van der Waals surface area (Å²) in [6.45, 7) is 9.05. The third-order valence-corrected chi connectivity index (χ3v) is 6.25. The van der Waals surface area contributed by atoms with Crippen molar-refractivity contribution in [2.75, 3.05) is 54.1 Å². The summed E-state index contributed by atoms with van der Waals surface area (Å²) in [5, 5.41) is 0. The van der Waals surface area contributed by atoms with Gasteiger partial charge in [-0.25, -0.2) is 0 Å². The first-order valence-electron chi connectivity index (χ1n) is 11.2. The van der Waals surface area contributed by atoms with Crippen LogP contribution in [0, 0.1) is 12.8 Å². The molecule has 0 spiro atoms. The van der Waals surface area contributed by atoms with Gasteiger partial charge in [-0.15, -0.1) is 0 Å². The maximum absolute atomic E-state index is 5.78. The van der Waals surface area contributed by atoms with Crippen molar-refractivity contribution in [2.24, 2.45) is 5.92 Å². The van der Waals surface area contributed by atoms with Gasteiger partial charge >= 0.3 is 0 Å². The van der Waals surface area contributed by atoms with Crippen molar-refractivity contribution in [3.63, 3.8) is 0 Å². The van der Waals surface area contributed by atoms with E-state index in [1.54, 1.807) is 21.3 Å². The maximum atomic E-state index is 5.78. The van der Waals surface area contributed by atoms with Gasteiger partial charge in [0.15, 0.2) is 0 Å². The molecule has 6 nitrogen and oxygen atoms in total. The second-order valence-corrected chi connectivity index (χ2v) is 8.39. The first-order chi connectivity index (χ1) is 15.1. The molecular weight excluding hydrogens is 390 g/mol. The second-order valence-electron chi connectivity index (χ2n) is 8.39. The van der Waals surface area contributed by atoms with Gasteiger partial charge in [0.05, 0.1) is 20.8 Å². The van der Waals surface area contributed by atoms with E-state index in [2.05, 4.69) is 39.9 Å². The van der Waals surface area contributed by atoms with Crippen LogP contribution in [0.2, 0.25) is 0 Å². The Labute approximate surface area is 187 Å². The maximum Gasteiger partial charge on any atom is 0.129 e. The van der Waals surface area contributed by atoms with Crippen molar-refractivity contribution < 1.29 is 14.2 Å². The molecule has 6 heteroatoms. The summed E-state index contributed by atoms with van der Waals surface area (Å²) in [4.78, 5) is 9.24. The van der Waals surface area contributed by atoms with E-state index in [1.165, 1.54) is 24.0 Å². The molecule has 31 heavy (non-hydrogen) atoms. The fraction of sp³-hybridized carbons (Fsp3) is 0.560. The Bertz CT molecular complexity index is 792. The Balaban J connectivity index is 1.71. The molecule has 3 rings (SSSR count). The number of piperidine rings is 1. The van der Waals surface area contributed by atoms with Crippen molar-refractivity contribution in [3.05, 3.63) is 53.3 Å². The van der Waals surface area contributed by atoms with Gasteiger partial charge < -0.3 is 19.1 Å². The standard InChI is InChI=1S/C25H37N3O3/c1-20-24(30-3)6-5-23(25(20)31-4)19-28(17-21-7-11-26-12-8-21)18-22-9-13-27(14-10-22)15-16-29-2/h5-8,11-12,22H,9-10,13-19H2,1-4H3. The topological polar surface area (TPSA) is 47.1 Å². The van der Waals surface area contributed by atoms with Crippen LogP contribution in [-0.2, 0) is 17.8 Å². The molecule has 0 saturated carbocycles. The summed E-state index contributed by atoms with van der Waals surface area (Å²) in [5.41, 5.74) is 3.54. The van der Waals surface area contributed by atoms with Crippen molar-refractivity contribution in [3.8, 4) is 11.5 Å². The second kappa shape index (κ2) is 12.0. The molecular formula is C25H37N3O3. The lowest BCUT2D eigenvalue weighted by molar-refractivity contribution is 0.103. The third kappa shape index (κ3) is 6.66. The molecule has 0 bridgehead atoms. The largest absolute Gasteiger partial charge is 0.496 e. The van der Waals surface area contributed by atoms with E-state index in [1.807, 2.05) is 18.5 Å². The lowest BCUT2D eigenvalue weighted by Crippen LogP contribution is -2.39. The predicted molar refractivity (Wildman–Crippen MR) is 124 cm³/mol. The molecule has 1 aromatic carbocycles. The predicted octanol–water partition coefficient (Wildman–Crippen LogP) is 3.77. The van der Waals surface area contributed by atoms with E-state index in [0.717, 1.165) is 62.9 Å². The minimum Gasteiger partial charge on any atom is -0.496 e. The molecule has 0 unspecified atom stereocenters. The minimum atomic E-state index is 0.700. The first-order valence-corrected chi connectivity index (χ1v) is 11.2. The van der Waals surface area contributed by atoms with Crippen LogP contribution in [-0.4, -0.2) is 68.9 Å². The zero-order chi connectivity index (χ0) is 22.1. The van der Waals surface area contributed by atoms with Gasteiger partial charge in [0.1, 0.15) is 11.5 Å². The summed E-state index contributed by atoms with van der Waals surface area (Å²) >= 11 is 0. The fourth-order valence-electron chi connectivity index (χ4n) is 4.51. The minimum absolute atomic E-state index is 0.700. The lowest BCUT2D eigenvalue weighted by Gasteiger charge is -2.35. The SMILES string of the molecule is COCCN1CCC(CN(Cc2ccncc2)Cc2ccc(OC)c(C)c2OC)CC1. The van der Waals surface area contributed by atoms with Gasteiger partial charge in [-0.1, -0.05) is 6.07 Å². The molecule has 1 saturated heterocycles. The number of pyridine rings is 1. The van der Waals surface area contributed by atoms with Crippen LogP contribution >= 0.6 is 0 Å². The Morgan fingerprint density at radius 2 is 1.74 bits per heavy atom. The van der Waals surface area contributed by atoms with Crippen LogP contribution in [0.15, 0.2) is 36.7 Å². The smallest absolute Gasteiger partial charge is 0.129 e. The number of methoxy groups -OCH3 is 3. The van der Waals surface area contributed by atoms with Gasteiger partial charge in [0.25, 0.3) is 0 Å². The number of nitrogens with zero attached hydrogens (tertiary/aromatic N) is 3. The van der Waals surface area contributed by atoms with Crippen molar-refractivity contribution in [1.82, 2.24) is 14.8 Å². The van der Waals surface area contributed by atoms with Crippen LogP contribution in [0.5, 0.6) is 11.5 Å². The van der Waals surface area contributed by atoms with Gasteiger partial charge in [-0.3, -0.25) is 9.88 Å². The lowest BCUT2D eigenvalue weighted by atomic mass is 9.95. The van der Waals surface area contributed by atoms with Crippen LogP contribution in [0.4, 0.5) is 0 Å². The quantitative estimate of drug-likeness (QED) is 0.544. The molecule has 0 amide bonds. The van der Waals surface area contributed by atoms with E-state index < -0.39 is 0 Å². The summed E-state index contributed by atoms with van der Waals surface area (Å²) in [6, 6.07) is 8.40. The highest BCUT2D eigenvalue weighted by molar-refractivity contribution is 5.49. The molecule has 0 aliphatic carbocycles. The zero-order valence-electron chi connectivity index (χ0n) is 19.5. The number of hydrogen-bond acceptors (Lipinski definition) is 6. The van der Waals surface area contributed by atoms with E-state index >= 15 is 0 Å². The molecule has 0 atom stereocenters. The number of ether oxygens (including phenoxy) is 3. The van der Waals surface area contributed by atoms with E-state index in [4.69, 9.17) is 14.2 Å². The van der Waals surface area contributed by atoms with E-state index in [9.17, 15) is 0 Å². The Morgan fingerprint density at radius 1 is 1.00 bits per heavy atom. The summed E-state index contributed by atoms with van der Waals surface area (Å²) < 4.78 is 16.5. The number of likely N-dealkylation sites (tertiary alicyclic amines) is 1. The Kier molecular flexibility index (Phi) is 9.13. The van der Waals surface area contributed by atoms with E-state index in [0.29, 0.717) is 5.92 Å². The van der Waals surface area contributed by atoms with Crippen molar-refractivity contribution >= 4 is 0 Å². The van der Waals surface area contributed by atoms with Crippen LogP contribution in [0.3, 0.4) is 0 Å². The highest BCUT2D eigenvalue weighted by Crippen LogP contribution is 2.32. The van der Waals surface area contributed by atoms with Crippen molar-refractivity contribution in [1.29, 1.82) is 0 Å². The average Bonchev–Trinajstić information content (AvgIpc) is 2.79. The van der Waals surface area contributed by atoms with Gasteiger partial charge in [0.2, 0.25) is 0 Å². The van der Waals surface area contributed by atoms with Crippen LogP contribution in [0.25, 0.3) is 0 Å². The molecule has 0 N–H and O–H groups in total. The third-order valence-electron chi connectivity index (χ3n) is 6.25. The Hall–Kier alpha value is -2.15. The van der Waals surface area contributed by atoms with Gasteiger partial charge in [-0.2, -0.15) is 0 Å². The van der Waals surface area contributed by atoms with Crippen molar-refractivity contribution in [2.45, 2.75) is 32.9 Å². The summed E-state index contributed by atoms with van der Waals surface area (Å²) in [6.07, 6.45) is 6.21. The number of rotatable bonds is 11. The van der Waals surface area contributed by atoms with E-state index in [-0.39, 0.29) is 0 Å². The number of hydrogen-bond donors (Lipinski definition) is 0. The molecule has 1 fully saturated rings. The van der Waals surface area contributed by atoms with Gasteiger partial charge in [0, 0.05) is 56.8 Å². The summed E-state index contributed by atoms with van der Waals surface area (Å²) in [5.74, 6) is 2.49. The normalized spacial score (nSPS) is 15.4. The number of aromatic nitrogens is 1. The molecule has 2 aromatic rings.